The number of hydrogen-bond acceptors (Lipinski definition) is 7. The Balaban J connectivity index is 2.10. The molecule has 7 nitrogen and oxygen atoms in total. The van der Waals surface area contributed by atoms with Gasteiger partial charge in [-0.1, -0.05) is 0 Å². The molecule has 128 valence electrons. The van der Waals surface area contributed by atoms with E-state index in [0.717, 1.165) is 5.69 Å². The zero-order valence-corrected chi connectivity index (χ0v) is 13.6. The molecule has 7 heteroatoms. The molecule has 0 saturated carbocycles. The summed E-state index contributed by atoms with van der Waals surface area (Å²) in [6.45, 7) is 0.986. The second-order valence-corrected chi connectivity index (χ2v) is 5.08. The van der Waals surface area contributed by atoms with E-state index in [0.29, 0.717) is 35.9 Å². The number of anilines is 2. The van der Waals surface area contributed by atoms with Crippen LogP contribution in [0, 0.1) is 0 Å². The minimum atomic E-state index is 0.0282. The van der Waals surface area contributed by atoms with Crippen molar-refractivity contribution < 1.29 is 14.9 Å². The van der Waals surface area contributed by atoms with E-state index in [-0.39, 0.29) is 13.2 Å². The summed E-state index contributed by atoms with van der Waals surface area (Å²) >= 11 is 0. The van der Waals surface area contributed by atoms with Crippen LogP contribution in [0.1, 0.15) is 0 Å². The first kappa shape index (κ1) is 17.7. The van der Waals surface area contributed by atoms with Crippen LogP contribution in [0.5, 0.6) is 5.75 Å². The standard InChI is InChI=1S/C17H22N4O3/c1-24-17-12-14(4-7-16(17)18)20-19-13-2-5-15(6-3-13)21(8-10-22)9-11-23/h2-7,12,22-23H,8-11,18H2,1H3. The normalized spacial score (nSPS) is 11.0. The topological polar surface area (TPSA) is 104 Å². The van der Waals surface area contributed by atoms with Crippen molar-refractivity contribution in [1.82, 2.24) is 0 Å². The van der Waals surface area contributed by atoms with Crippen LogP contribution in [0.2, 0.25) is 0 Å². The molecule has 0 unspecified atom stereocenters. The highest BCUT2D eigenvalue weighted by molar-refractivity contribution is 5.59. The average molecular weight is 330 g/mol. The van der Waals surface area contributed by atoms with E-state index in [1.165, 1.54) is 0 Å². The fraction of sp³-hybridized carbons (Fsp3) is 0.294. The SMILES string of the molecule is COc1cc(N=Nc2ccc(N(CCO)CCO)cc2)ccc1N. The number of rotatable bonds is 8. The number of nitrogens with two attached hydrogens (primary N) is 1. The van der Waals surface area contributed by atoms with Gasteiger partial charge >= 0.3 is 0 Å². The Labute approximate surface area is 141 Å². The van der Waals surface area contributed by atoms with Gasteiger partial charge < -0.3 is 25.6 Å². The predicted octanol–water partition coefficient (Wildman–Crippen LogP) is 2.48. The molecule has 24 heavy (non-hydrogen) atoms. The van der Waals surface area contributed by atoms with Gasteiger partial charge in [0, 0.05) is 24.8 Å². The smallest absolute Gasteiger partial charge is 0.143 e. The first-order valence-corrected chi connectivity index (χ1v) is 7.60. The van der Waals surface area contributed by atoms with Crippen LogP contribution in [0.25, 0.3) is 0 Å². The van der Waals surface area contributed by atoms with Crippen LogP contribution in [-0.2, 0) is 0 Å². The fourth-order valence-corrected chi connectivity index (χ4v) is 2.22. The van der Waals surface area contributed by atoms with Crippen LogP contribution < -0.4 is 15.4 Å². The number of azo groups is 1. The molecule has 0 radical (unpaired) electrons. The lowest BCUT2D eigenvalue weighted by Crippen LogP contribution is -2.29. The first-order valence-electron chi connectivity index (χ1n) is 7.60. The Morgan fingerprint density at radius 2 is 1.54 bits per heavy atom. The third-order valence-corrected chi connectivity index (χ3v) is 3.45. The minimum absolute atomic E-state index is 0.0282. The molecule has 2 rings (SSSR count). The molecule has 4 N–H and O–H groups in total. The largest absolute Gasteiger partial charge is 0.495 e. The summed E-state index contributed by atoms with van der Waals surface area (Å²) in [5.41, 5.74) is 8.56. The highest BCUT2D eigenvalue weighted by Gasteiger charge is 2.05. The average Bonchev–Trinajstić information content (AvgIpc) is 2.61. The van der Waals surface area contributed by atoms with Crippen molar-refractivity contribution in [1.29, 1.82) is 0 Å². The van der Waals surface area contributed by atoms with E-state index in [2.05, 4.69) is 10.2 Å². The number of ether oxygens (including phenoxy) is 1. The molecule has 0 aliphatic carbocycles. The van der Waals surface area contributed by atoms with Gasteiger partial charge in [-0.05, 0) is 36.4 Å². The highest BCUT2D eigenvalue weighted by atomic mass is 16.5. The van der Waals surface area contributed by atoms with Gasteiger partial charge in [0.1, 0.15) is 5.75 Å². The molecular weight excluding hydrogens is 308 g/mol. The van der Waals surface area contributed by atoms with Crippen LogP contribution in [0.3, 0.4) is 0 Å². The molecule has 0 saturated heterocycles. The molecule has 0 heterocycles. The summed E-state index contributed by atoms with van der Waals surface area (Å²) in [5, 5.41) is 26.5. The predicted molar refractivity (Wildman–Crippen MR) is 94.4 cm³/mol. The molecule has 2 aromatic carbocycles. The minimum Gasteiger partial charge on any atom is -0.495 e. The van der Waals surface area contributed by atoms with E-state index in [1.807, 2.05) is 29.2 Å². The number of nitrogen functional groups attached to an aromatic ring is 1. The van der Waals surface area contributed by atoms with Gasteiger partial charge in [0.15, 0.2) is 0 Å². The maximum absolute atomic E-state index is 9.08. The molecule has 0 spiro atoms. The van der Waals surface area contributed by atoms with E-state index in [9.17, 15) is 0 Å². The van der Waals surface area contributed by atoms with Crippen LogP contribution in [0.4, 0.5) is 22.7 Å². The number of aliphatic hydroxyl groups excluding tert-OH is 2. The number of methoxy groups -OCH3 is 1. The molecule has 0 aliphatic rings. The maximum Gasteiger partial charge on any atom is 0.143 e. The zero-order valence-electron chi connectivity index (χ0n) is 13.6. The molecular formula is C17H22N4O3. The Bertz CT molecular complexity index is 668. The first-order chi connectivity index (χ1) is 11.7. The zero-order chi connectivity index (χ0) is 17.4. The summed E-state index contributed by atoms with van der Waals surface area (Å²) in [4.78, 5) is 1.89. The van der Waals surface area contributed by atoms with Crippen molar-refractivity contribution in [3.05, 3.63) is 42.5 Å². The Morgan fingerprint density at radius 3 is 2.12 bits per heavy atom. The number of hydrogen-bond donors (Lipinski definition) is 3. The molecule has 0 atom stereocenters. The quantitative estimate of drug-likeness (QED) is 0.509. The Morgan fingerprint density at radius 1 is 0.958 bits per heavy atom. The van der Waals surface area contributed by atoms with Crippen molar-refractivity contribution >= 4 is 22.7 Å². The van der Waals surface area contributed by atoms with Crippen LogP contribution >= 0.6 is 0 Å². The van der Waals surface area contributed by atoms with E-state index in [4.69, 9.17) is 20.7 Å². The molecule has 0 amide bonds. The van der Waals surface area contributed by atoms with Gasteiger partial charge in [-0.25, -0.2) is 0 Å². The molecule has 0 bridgehead atoms. The van der Waals surface area contributed by atoms with E-state index < -0.39 is 0 Å². The Kier molecular flexibility index (Phi) is 6.53. The second kappa shape index (κ2) is 8.85. The van der Waals surface area contributed by atoms with Crippen molar-refractivity contribution in [2.75, 3.05) is 44.0 Å². The summed E-state index contributed by atoms with van der Waals surface area (Å²) in [6.07, 6.45) is 0. The van der Waals surface area contributed by atoms with E-state index >= 15 is 0 Å². The highest BCUT2D eigenvalue weighted by Crippen LogP contribution is 2.28. The van der Waals surface area contributed by atoms with Crippen molar-refractivity contribution in [3.8, 4) is 5.75 Å². The lowest BCUT2D eigenvalue weighted by Gasteiger charge is -2.22. The van der Waals surface area contributed by atoms with Gasteiger partial charge in [-0.2, -0.15) is 10.2 Å². The summed E-state index contributed by atoms with van der Waals surface area (Å²) in [7, 11) is 1.55. The lowest BCUT2D eigenvalue weighted by molar-refractivity contribution is 0.281. The molecule has 0 fully saturated rings. The van der Waals surface area contributed by atoms with Crippen molar-refractivity contribution in [3.63, 3.8) is 0 Å². The number of benzene rings is 2. The number of aliphatic hydroxyl groups is 2. The summed E-state index contributed by atoms with van der Waals surface area (Å²) in [6, 6.07) is 12.6. The third kappa shape index (κ3) is 4.68. The van der Waals surface area contributed by atoms with Crippen LogP contribution in [-0.4, -0.2) is 43.6 Å². The van der Waals surface area contributed by atoms with Crippen molar-refractivity contribution in [2.45, 2.75) is 0 Å². The van der Waals surface area contributed by atoms with Gasteiger partial charge in [0.2, 0.25) is 0 Å². The van der Waals surface area contributed by atoms with Gasteiger partial charge in [-0.15, -0.1) is 0 Å². The summed E-state index contributed by atoms with van der Waals surface area (Å²) in [5.74, 6) is 0.561. The monoisotopic (exact) mass is 330 g/mol. The molecule has 2 aromatic rings. The maximum atomic E-state index is 9.08. The fourth-order valence-electron chi connectivity index (χ4n) is 2.22. The van der Waals surface area contributed by atoms with E-state index in [1.54, 1.807) is 25.3 Å². The third-order valence-electron chi connectivity index (χ3n) is 3.45. The van der Waals surface area contributed by atoms with Crippen LogP contribution in [0.15, 0.2) is 52.7 Å². The van der Waals surface area contributed by atoms with Crippen molar-refractivity contribution in [2.24, 2.45) is 10.2 Å². The van der Waals surface area contributed by atoms with Gasteiger partial charge in [0.25, 0.3) is 0 Å². The molecule has 0 aliphatic heterocycles. The Hall–Kier alpha value is -2.64. The summed E-state index contributed by atoms with van der Waals surface area (Å²) < 4.78 is 5.15. The van der Waals surface area contributed by atoms with Gasteiger partial charge in [0.05, 0.1) is 37.4 Å². The molecule has 0 aromatic heterocycles. The number of nitrogens with zero attached hydrogens (tertiary/aromatic N) is 3. The van der Waals surface area contributed by atoms with Gasteiger partial charge in [-0.3, -0.25) is 0 Å². The lowest BCUT2D eigenvalue weighted by atomic mass is 10.2. The second-order valence-electron chi connectivity index (χ2n) is 5.08.